The number of amides is 1. The van der Waals surface area contributed by atoms with Crippen molar-refractivity contribution in [2.75, 3.05) is 19.8 Å². The van der Waals surface area contributed by atoms with Gasteiger partial charge in [-0.15, -0.1) is 0 Å². The molecule has 1 aliphatic carbocycles. The predicted octanol–water partition coefficient (Wildman–Crippen LogP) is 1.56. The normalized spacial score (nSPS) is 34.5. The zero-order valence-electron chi connectivity index (χ0n) is 11.8. The number of nitrogens with zero attached hydrogens (tertiary/aromatic N) is 1. The van der Waals surface area contributed by atoms with Crippen molar-refractivity contribution in [3.63, 3.8) is 0 Å². The lowest BCUT2D eigenvalue weighted by molar-refractivity contribution is -0.135. The zero-order chi connectivity index (χ0) is 13.5. The van der Waals surface area contributed by atoms with Crippen LogP contribution in [0.3, 0.4) is 0 Å². The molecular weight excluding hydrogens is 242 g/mol. The summed E-state index contributed by atoms with van der Waals surface area (Å²) in [5, 5.41) is 9.55. The van der Waals surface area contributed by atoms with E-state index in [1.54, 1.807) is 0 Å². The van der Waals surface area contributed by atoms with Crippen molar-refractivity contribution in [2.24, 2.45) is 11.3 Å². The van der Waals surface area contributed by atoms with Crippen LogP contribution < -0.4 is 0 Å². The van der Waals surface area contributed by atoms with Crippen molar-refractivity contribution < 1.29 is 14.6 Å². The Hall–Kier alpha value is -0.610. The second-order valence-corrected chi connectivity index (χ2v) is 6.64. The molecule has 1 amide bonds. The van der Waals surface area contributed by atoms with Crippen LogP contribution in [-0.4, -0.2) is 47.8 Å². The summed E-state index contributed by atoms with van der Waals surface area (Å²) in [4.78, 5) is 14.7. The Morgan fingerprint density at radius 1 is 1.47 bits per heavy atom. The van der Waals surface area contributed by atoms with E-state index in [1.165, 1.54) is 0 Å². The largest absolute Gasteiger partial charge is 0.393 e. The van der Waals surface area contributed by atoms with Gasteiger partial charge in [-0.2, -0.15) is 0 Å². The molecule has 2 aliphatic heterocycles. The van der Waals surface area contributed by atoms with E-state index >= 15 is 0 Å². The second-order valence-electron chi connectivity index (χ2n) is 6.64. The van der Waals surface area contributed by atoms with Crippen LogP contribution in [0.2, 0.25) is 0 Å². The number of carbonyl (C=O) groups excluding carboxylic acids is 1. The third-order valence-corrected chi connectivity index (χ3v) is 5.25. The van der Waals surface area contributed by atoms with Crippen molar-refractivity contribution in [2.45, 2.75) is 57.6 Å². The molecule has 1 saturated carbocycles. The molecule has 0 radical (unpaired) electrons. The number of ether oxygens (including phenoxy) is 1. The molecular formula is C15H25NO3. The first-order valence-electron chi connectivity index (χ1n) is 7.69. The third-order valence-electron chi connectivity index (χ3n) is 5.25. The predicted molar refractivity (Wildman–Crippen MR) is 71.6 cm³/mol. The quantitative estimate of drug-likeness (QED) is 0.844. The molecule has 3 aliphatic rings. The summed E-state index contributed by atoms with van der Waals surface area (Å²) in [5.74, 6) is 0.594. The van der Waals surface area contributed by atoms with Crippen LogP contribution in [0, 0.1) is 11.3 Å². The van der Waals surface area contributed by atoms with Crippen molar-refractivity contribution in [3.8, 4) is 0 Å². The lowest BCUT2D eigenvalue weighted by Gasteiger charge is -2.28. The monoisotopic (exact) mass is 267 g/mol. The van der Waals surface area contributed by atoms with Gasteiger partial charge in [0.2, 0.25) is 5.91 Å². The Balaban J connectivity index is 1.61. The van der Waals surface area contributed by atoms with Crippen molar-refractivity contribution >= 4 is 5.91 Å². The molecule has 1 N–H and O–H groups in total. The molecule has 3 atom stereocenters. The number of likely N-dealkylation sites (tertiary alicyclic amines) is 1. The lowest BCUT2D eigenvalue weighted by Crippen LogP contribution is -2.39. The van der Waals surface area contributed by atoms with Crippen LogP contribution in [0.1, 0.15) is 45.4 Å². The number of hydrogen-bond donors (Lipinski definition) is 1. The number of aliphatic hydroxyl groups excluding tert-OH is 1. The molecule has 4 heteroatoms. The molecule has 2 saturated heterocycles. The average molecular weight is 267 g/mol. The highest BCUT2D eigenvalue weighted by Gasteiger charge is 2.59. The molecule has 3 rings (SSSR count). The second kappa shape index (κ2) is 5.06. The van der Waals surface area contributed by atoms with E-state index in [4.69, 9.17) is 4.74 Å². The fourth-order valence-corrected chi connectivity index (χ4v) is 3.99. The minimum atomic E-state index is -0.311. The van der Waals surface area contributed by atoms with E-state index in [2.05, 4.69) is 4.90 Å². The van der Waals surface area contributed by atoms with Gasteiger partial charge < -0.3 is 14.7 Å². The topological polar surface area (TPSA) is 49.8 Å². The summed E-state index contributed by atoms with van der Waals surface area (Å²) in [6, 6.07) is 0.269. The molecule has 19 heavy (non-hydrogen) atoms. The number of carbonyl (C=O) groups is 1. The summed E-state index contributed by atoms with van der Waals surface area (Å²) < 4.78 is 5.41. The fraction of sp³-hybridized carbons (Fsp3) is 0.933. The van der Waals surface area contributed by atoms with Crippen LogP contribution in [0.15, 0.2) is 0 Å². The van der Waals surface area contributed by atoms with Gasteiger partial charge in [0.25, 0.3) is 0 Å². The Morgan fingerprint density at radius 2 is 2.21 bits per heavy atom. The summed E-state index contributed by atoms with van der Waals surface area (Å²) in [6.07, 6.45) is 5.73. The van der Waals surface area contributed by atoms with Gasteiger partial charge >= 0.3 is 0 Å². The molecule has 4 nitrogen and oxygen atoms in total. The smallest absolute Gasteiger partial charge is 0.226 e. The molecule has 3 unspecified atom stereocenters. The first kappa shape index (κ1) is 13.4. The zero-order valence-corrected chi connectivity index (χ0v) is 11.8. The molecule has 3 fully saturated rings. The minimum Gasteiger partial charge on any atom is -0.393 e. The van der Waals surface area contributed by atoms with E-state index in [9.17, 15) is 9.90 Å². The summed E-state index contributed by atoms with van der Waals surface area (Å²) in [5.41, 5.74) is 0.271. The Morgan fingerprint density at radius 3 is 2.89 bits per heavy atom. The summed E-state index contributed by atoms with van der Waals surface area (Å²) in [6.45, 7) is 4.35. The Bertz CT molecular complexity index is 349. The van der Waals surface area contributed by atoms with Gasteiger partial charge in [-0.3, -0.25) is 4.79 Å². The van der Waals surface area contributed by atoms with Gasteiger partial charge in [0, 0.05) is 31.7 Å². The van der Waals surface area contributed by atoms with E-state index < -0.39 is 0 Å². The number of hydrogen-bond acceptors (Lipinski definition) is 3. The maximum atomic E-state index is 12.7. The average Bonchev–Trinajstić information content (AvgIpc) is 2.86. The Kier molecular flexibility index (Phi) is 3.56. The highest BCUT2D eigenvalue weighted by atomic mass is 16.5. The van der Waals surface area contributed by atoms with Crippen LogP contribution in [0.25, 0.3) is 0 Å². The number of rotatable bonds is 3. The summed E-state index contributed by atoms with van der Waals surface area (Å²) >= 11 is 0. The van der Waals surface area contributed by atoms with Gasteiger partial charge in [-0.05, 0) is 50.9 Å². The van der Waals surface area contributed by atoms with E-state index in [0.29, 0.717) is 5.91 Å². The van der Waals surface area contributed by atoms with Crippen LogP contribution in [0.5, 0.6) is 0 Å². The van der Waals surface area contributed by atoms with E-state index in [1.807, 2.05) is 6.92 Å². The molecule has 2 heterocycles. The standard InChI is InChI=1S/C15H25NO3/c1-11(17)9-12-3-2-6-16(12)14(18)13-10-15(13)4-7-19-8-5-15/h11-13,17H,2-10H2,1H3. The van der Waals surface area contributed by atoms with Gasteiger partial charge in [0.05, 0.1) is 6.10 Å². The van der Waals surface area contributed by atoms with E-state index in [-0.39, 0.29) is 23.5 Å². The third kappa shape index (κ3) is 2.52. The van der Waals surface area contributed by atoms with Gasteiger partial charge in [0.1, 0.15) is 0 Å². The molecule has 1 spiro atoms. The van der Waals surface area contributed by atoms with E-state index in [0.717, 1.165) is 58.3 Å². The molecule has 0 aromatic heterocycles. The lowest BCUT2D eigenvalue weighted by atomic mass is 9.93. The minimum absolute atomic E-state index is 0.242. The molecule has 0 bridgehead atoms. The molecule has 108 valence electrons. The van der Waals surface area contributed by atoms with Crippen LogP contribution in [0.4, 0.5) is 0 Å². The molecule has 0 aromatic rings. The Labute approximate surface area is 115 Å². The first-order chi connectivity index (χ1) is 9.12. The van der Waals surface area contributed by atoms with Crippen molar-refractivity contribution in [3.05, 3.63) is 0 Å². The first-order valence-corrected chi connectivity index (χ1v) is 7.69. The van der Waals surface area contributed by atoms with Crippen molar-refractivity contribution in [1.82, 2.24) is 4.90 Å². The molecule has 0 aromatic carbocycles. The van der Waals surface area contributed by atoms with Crippen molar-refractivity contribution in [1.29, 1.82) is 0 Å². The fourth-order valence-electron chi connectivity index (χ4n) is 3.99. The van der Waals surface area contributed by atoms with Gasteiger partial charge in [-0.1, -0.05) is 0 Å². The SMILES string of the molecule is CC(O)CC1CCCN1C(=O)C1CC12CCOCC2. The summed E-state index contributed by atoms with van der Waals surface area (Å²) in [7, 11) is 0. The maximum absolute atomic E-state index is 12.7. The number of aliphatic hydroxyl groups is 1. The maximum Gasteiger partial charge on any atom is 0.226 e. The van der Waals surface area contributed by atoms with Gasteiger partial charge in [-0.25, -0.2) is 0 Å². The van der Waals surface area contributed by atoms with Crippen LogP contribution in [-0.2, 0) is 9.53 Å². The highest BCUT2D eigenvalue weighted by molar-refractivity contribution is 5.83. The van der Waals surface area contributed by atoms with Gasteiger partial charge in [0.15, 0.2) is 0 Å². The van der Waals surface area contributed by atoms with Crippen LogP contribution >= 0.6 is 0 Å². The highest BCUT2D eigenvalue weighted by Crippen LogP contribution is 2.60.